The number of primary amides is 1. The van der Waals surface area contributed by atoms with Crippen LogP contribution < -0.4 is 5.73 Å². The molecule has 0 aliphatic carbocycles. The Morgan fingerprint density at radius 2 is 2.35 bits per heavy atom. The van der Waals surface area contributed by atoms with Crippen LogP contribution in [0.1, 0.15) is 18.9 Å². The van der Waals surface area contributed by atoms with Crippen molar-refractivity contribution in [2.45, 2.75) is 25.4 Å². The molecule has 1 fully saturated rings. The molecule has 1 unspecified atom stereocenters. The second-order valence-corrected chi connectivity index (χ2v) is 5.12. The van der Waals surface area contributed by atoms with Crippen LogP contribution in [0.2, 0.25) is 0 Å². The van der Waals surface area contributed by atoms with Crippen molar-refractivity contribution < 1.29 is 14.3 Å². The lowest BCUT2D eigenvalue weighted by molar-refractivity contribution is -0.160. The smallest absolute Gasteiger partial charge is 0.251 e. The molecule has 1 aromatic heterocycles. The van der Waals surface area contributed by atoms with E-state index in [0.29, 0.717) is 26.0 Å². The van der Waals surface area contributed by atoms with Crippen molar-refractivity contribution in [1.29, 1.82) is 0 Å². The van der Waals surface area contributed by atoms with Crippen LogP contribution >= 0.6 is 0 Å². The minimum Gasteiger partial charge on any atom is -0.367 e. The van der Waals surface area contributed by atoms with Crippen LogP contribution in [-0.2, 0) is 20.7 Å². The van der Waals surface area contributed by atoms with Crippen molar-refractivity contribution in [3.8, 4) is 0 Å². The molecule has 108 valence electrons. The van der Waals surface area contributed by atoms with Crippen LogP contribution in [-0.4, -0.2) is 47.0 Å². The molecule has 1 aromatic rings. The fourth-order valence-electron chi connectivity index (χ4n) is 2.19. The van der Waals surface area contributed by atoms with E-state index < -0.39 is 11.5 Å². The molecule has 1 saturated heterocycles. The highest BCUT2D eigenvalue weighted by Crippen LogP contribution is 2.18. The molecule has 0 aromatic carbocycles. The van der Waals surface area contributed by atoms with Gasteiger partial charge in [0, 0.05) is 25.4 Å². The molecule has 1 aliphatic rings. The van der Waals surface area contributed by atoms with E-state index in [1.807, 2.05) is 12.1 Å². The van der Waals surface area contributed by atoms with Crippen LogP contribution in [0.4, 0.5) is 0 Å². The fraction of sp³-hybridized carbons (Fsp3) is 0.500. The minimum absolute atomic E-state index is 0.00429. The average molecular weight is 277 g/mol. The maximum atomic E-state index is 12.2. The van der Waals surface area contributed by atoms with E-state index in [0.717, 1.165) is 5.56 Å². The Balaban J connectivity index is 1.91. The SMILES string of the molecule is CC1(C(N)=O)CN(C(=O)CCc2cccnc2)CCO1. The molecule has 2 rings (SSSR count). The number of pyridine rings is 1. The van der Waals surface area contributed by atoms with Crippen LogP contribution in [0.25, 0.3) is 0 Å². The van der Waals surface area contributed by atoms with E-state index in [4.69, 9.17) is 10.5 Å². The standard InChI is InChI=1S/C14H19N3O3/c1-14(13(15)19)10-17(7-8-20-14)12(18)5-4-11-3-2-6-16-9-11/h2-3,6,9H,4-5,7-8,10H2,1H3,(H2,15,19). The van der Waals surface area contributed by atoms with Gasteiger partial charge in [0.05, 0.1) is 13.2 Å². The lowest BCUT2D eigenvalue weighted by atomic mass is 10.0. The van der Waals surface area contributed by atoms with Crippen LogP contribution in [0.5, 0.6) is 0 Å². The van der Waals surface area contributed by atoms with E-state index in [9.17, 15) is 9.59 Å². The largest absolute Gasteiger partial charge is 0.367 e. The molecule has 0 radical (unpaired) electrons. The average Bonchev–Trinajstić information content (AvgIpc) is 2.46. The first-order valence-electron chi connectivity index (χ1n) is 6.62. The van der Waals surface area contributed by atoms with E-state index in [1.54, 1.807) is 24.2 Å². The second-order valence-electron chi connectivity index (χ2n) is 5.12. The second kappa shape index (κ2) is 6.00. The molecule has 1 atom stereocenters. The third-order valence-corrected chi connectivity index (χ3v) is 3.50. The summed E-state index contributed by atoms with van der Waals surface area (Å²) in [6, 6.07) is 3.78. The summed E-state index contributed by atoms with van der Waals surface area (Å²) in [5, 5.41) is 0. The lowest BCUT2D eigenvalue weighted by Gasteiger charge is -2.38. The lowest BCUT2D eigenvalue weighted by Crippen LogP contribution is -2.58. The van der Waals surface area contributed by atoms with E-state index in [2.05, 4.69) is 4.98 Å². The van der Waals surface area contributed by atoms with Gasteiger partial charge in [-0.2, -0.15) is 0 Å². The van der Waals surface area contributed by atoms with Crippen LogP contribution in [0, 0.1) is 0 Å². The maximum absolute atomic E-state index is 12.2. The van der Waals surface area contributed by atoms with Gasteiger partial charge in [0.1, 0.15) is 0 Å². The van der Waals surface area contributed by atoms with Gasteiger partial charge in [0.25, 0.3) is 5.91 Å². The summed E-state index contributed by atoms with van der Waals surface area (Å²) in [7, 11) is 0. The van der Waals surface area contributed by atoms with Gasteiger partial charge >= 0.3 is 0 Å². The first-order chi connectivity index (χ1) is 9.51. The van der Waals surface area contributed by atoms with Crippen molar-refractivity contribution in [1.82, 2.24) is 9.88 Å². The van der Waals surface area contributed by atoms with Gasteiger partial charge in [-0.3, -0.25) is 14.6 Å². The molecule has 6 heteroatoms. The minimum atomic E-state index is -1.08. The highest BCUT2D eigenvalue weighted by Gasteiger charge is 2.38. The van der Waals surface area contributed by atoms with Gasteiger partial charge in [-0.15, -0.1) is 0 Å². The Morgan fingerprint density at radius 3 is 3.00 bits per heavy atom. The van der Waals surface area contributed by atoms with Crippen molar-refractivity contribution in [3.05, 3.63) is 30.1 Å². The van der Waals surface area contributed by atoms with Gasteiger partial charge in [-0.1, -0.05) is 6.07 Å². The van der Waals surface area contributed by atoms with Gasteiger partial charge in [0.2, 0.25) is 5.91 Å². The van der Waals surface area contributed by atoms with E-state index >= 15 is 0 Å². The zero-order valence-corrected chi connectivity index (χ0v) is 11.5. The number of hydrogen-bond acceptors (Lipinski definition) is 4. The number of carbonyl (C=O) groups is 2. The number of morpholine rings is 1. The summed E-state index contributed by atoms with van der Waals surface area (Å²) in [6.45, 7) is 2.66. The summed E-state index contributed by atoms with van der Waals surface area (Å²) in [5.74, 6) is -0.535. The van der Waals surface area contributed by atoms with Gasteiger partial charge in [-0.05, 0) is 25.0 Å². The summed E-state index contributed by atoms with van der Waals surface area (Å²) >= 11 is 0. The molecule has 0 saturated carbocycles. The normalized spacial score (nSPS) is 22.6. The Morgan fingerprint density at radius 1 is 1.55 bits per heavy atom. The third kappa shape index (κ3) is 3.33. The van der Waals surface area contributed by atoms with E-state index in [1.165, 1.54) is 0 Å². The number of rotatable bonds is 4. The molecule has 2 amide bonds. The van der Waals surface area contributed by atoms with Crippen LogP contribution in [0.15, 0.2) is 24.5 Å². The zero-order valence-electron chi connectivity index (χ0n) is 11.5. The number of nitrogens with two attached hydrogens (primary N) is 1. The highest BCUT2D eigenvalue weighted by atomic mass is 16.5. The van der Waals surface area contributed by atoms with Gasteiger partial charge in [0.15, 0.2) is 5.60 Å². The van der Waals surface area contributed by atoms with Crippen LogP contribution in [0.3, 0.4) is 0 Å². The van der Waals surface area contributed by atoms with Gasteiger partial charge in [-0.25, -0.2) is 0 Å². The number of hydrogen-bond donors (Lipinski definition) is 1. The first-order valence-corrected chi connectivity index (χ1v) is 6.62. The van der Waals surface area contributed by atoms with Crippen molar-refractivity contribution in [2.75, 3.05) is 19.7 Å². The maximum Gasteiger partial charge on any atom is 0.251 e. The molecule has 0 bridgehead atoms. The number of nitrogens with zero attached hydrogens (tertiary/aromatic N) is 2. The first kappa shape index (κ1) is 14.5. The summed E-state index contributed by atoms with van der Waals surface area (Å²) < 4.78 is 5.39. The van der Waals surface area contributed by atoms with Gasteiger partial charge < -0.3 is 15.4 Å². The zero-order chi connectivity index (χ0) is 14.6. The topological polar surface area (TPSA) is 85.5 Å². The Bertz CT molecular complexity index is 492. The molecule has 6 nitrogen and oxygen atoms in total. The molecule has 2 heterocycles. The molecule has 1 aliphatic heterocycles. The molecule has 0 spiro atoms. The molecular weight excluding hydrogens is 258 g/mol. The number of ether oxygens (including phenoxy) is 1. The number of amides is 2. The third-order valence-electron chi connectivity index (χ3n) is 3.50. The number of carbonyl (C=O) groups excluding carboxylic acids is 2. The van der Waals surface area contributed by atoms with Crippen molar-refractivity contribution in [3.63, 3.8) is 0 Å². The Hall–Kier alpha value is -1.95. The predicted molar refractivity (Wildman–Crippen MR) is 72.7 cm³/mol. The highest BCUT2D eigenvalue weighted by molar-refractivity contribution is 5.85. The fourth-order valence-corrected chi connectivity index (χ4v) is 2.19. The summed E-state index contributed by atoms with van der Waals surface area (Å²) in [4.78, 5) is 29.2. The predicted octanol–water partition coefficient (Wildman–Crippen LogP) is 0.117. The summed E-state index contributed by atoms with van der Waals surface area (Å²) in [5.41, 5.74) is 5.26. The molecular formula is C14H19N3O3. The number of aromatic nitrogens is 1. The quantitative estimate of drug-likeness (QED) is 0.847. The Kier molecular flexibility index (Phi) is 4.34. The number of aryl methyl sites for hydroxylation is 1. The molecule has 2 N–H and O–H groups in total. The van der Waals surface area contributed by atoms with E-state index in [-0.39, 0.29) is 12.5 Å². The monoisotopic (exact) mass is 277 g/mol. The van der Waals surface area contributed by atoms with Crippen molar-refractivity contribution >= 4 is 11.8 Å². The summed E-state index contributed by atoms with van der Waals surface area (Å²) in [6.07, 6.45) is 4.48. The molecule has 20 heavy (non-hydrogen) atoms. The Labute approximate surface area is 117 Å². The van der Waals surface area contributed by atoms with Crippen molar-refractivity contribution in [2.24, 2.45) is 5.73 Å².